The number of hydrogen-bond acceptors (Lipinski definition) is 8. The fourth-order valence-electron chi connectivity index (χ4n) is 6.11. The summed E-state index contributed by atoms with van der Waals surface area (Å²) in [5.74, 6) is 0.490. The summed E-state index contributed by atoms with van der Waals surface area (Å²) in [6.45, 7) is 1.30. The molecule has 4 N–H and O–H groups in total. The van der Waals surface area contributed by atoms with Crippen molar-refractivity contribution < 1.29 is 26.4 Å². The second-order valence-corrected chi connectivity index (χ2v) is 14.4. The first-order valence-electron chi connectivity index (χ1n) is 16.1. The van der Waals surface area contributed by atoms with Crippen molar-refractivity contribution in [2.24, 2.45) is 0 Å². The number of fused-ring (bicyclic) bond motifs is 4. The molecule has 0 radical (unpaired) electrons. The number of halogens is 3. The van der Waals surface area contributed by atoms with Gasteiger partial charge in [-0.05, 0) is 106 Å². The average molecular weight is 694 g/mol. The Morgan fingerprint density at radius 2 is 1.78 bits per heavy atom. The van der Waals surface area contributed by atoms with Crippen LogP contribution in [0.5, 0.6) is 0 Å². The molecule has 49 heavy (non-hydrogen) atoms. The number of nitrogens with zero attached hydrogens (tertiary/aromatic N) is 3. The van der Waals surface area contributed by atoms with E-state index >= 15 is 0 Å². The maximum absolute atomic E-state index is 14.1. The summed E-state index contributed by atoms with van der Waals surface area (Å²) in [5.41, 5.74) is 1.44. The smallest absolute Gasteiger partial charge is 0.369 e. The predicted molar refractivity (Wildman–Crippen MR) is 183 cm³/mol. The monoisotopic (exact) mass is 693 g/mol. The first kappa shape index (κ1) is 34.3. The SMILES string of the molecule is CN(C)CCCc1c(C(F)(F)F)cccc1C1(C(=O)Nc2ccc(-c3cnc4nc3NCCCNS(=O)(=O)c3cccc(c3)N4)cc2)CC1. The summed E-state index contributed by atoms with van der Waals surface area (Å²) in [7, 11) is 0.0841. The molecule has 0 spiro atoms. The van der Waals surface area contributed by atoms with E-state index in [0.717, 1.165) is 11.6 Å². The minimum absolute atomic E-state index is 0.136. The molecule has 258 valence electrons. The second kappa shape index (κ2) is 13.8. The zero-order valence-corrected chi connectivity index (χ0v) is 28.0. The Hall–Kier alpha value is -4.53. The Labute approximate surface area is 283 Å². The van der Waals surface area contributed by atoms with E-state index in [-0.39, 0.29) is 35.3 Å². The molecule has 2 heterocycles. The Morgan fingerprint density at radius 1 is 1.02 bits per heavy atom. The number of benzene rings is 3. The van der Waals surface area contributed by atoms with Crippen LogP contribution in [0.2, 0.25) is 0 Å². The third-order valence-corrected chi connectivity index (χ3v) is 10.3. The number of carbonyl (C=O) groups excluding carboxylic acids is 1. The van der Waals surface area contributed by atoms with E-state index in [9.17, 15) is 26.4 Å². The third kappa shape index (κ3) is 7.71. The molecular weight excluding hydrogens is 655 g/mol. The number of sulfonamides is 1. The van der Waals surface area contributed by atoms with Crippen molar-refractivity contribution in [1.29, 1.82) is 0 Å². The van der Waals surface area contributed by atoms with Gasteiger partial charge in [-0.15, -0.1) is 0 Å². The van der Waals surface area contributed by atoms with Gasteiger partial charge >= 0.3 is 6.18 Å². The molecule has 1 amide bonds. The number of hydrogen-bond donors (Lipinski definition) is 4. The highest BCUT2D eigenvalue weighted by atomic mass is 32.2. The van der Waals surface area contributed by atoms with Crippen molar-refractivity contribution in [3.05, 3.63) is 89.6 Å². The van der Waals surface area contributed by atoms with Crippen LogP contribution in [0.25, 0.3) is 11.1 Å². The molecule has 3 aromatic carbocycles. The molecule has 2 aliphatic rings. The van der Waals surface area contributed by atoms with Gasteiger partial charge in [0.15, 0.2) is 0 Å². The van der Waals surface area contributed by atoms with E-state index < -0.39 is 27.2 Å². The van der Waals surface area contributed by atoms with E-state index in [1.807, 2.05) is 31.1 Å². The molecule has 0 saturated heterocycles. The minimum Gasteiger partial charge on any atom is -0.369 e. The quantitative estimate of drug-likeness (QED) is 0.173. The number of rotatable bonds is 8. The molecule has 1 saturated carbocycles. The normalized spacial score (nSPS) is 16.7. The van der Waals surface area contributed by atoms with Crippen LogP contribution in [0.15, 0.2) is 77.8 Å². The lowest BCUT2D eigenvalue weighted by atomic mass is 9.85. The van der Waals surface area contributed by atoms with E-state index in [1.165, 1.54) is 18.2 Å². The topological polar surface area (TPSA) is 128 Å². The molecule has 1 aliphatic heterocycles. The van der Waals surface area contributed by atoms with Gasteiger partial charge in [-0.2, -0.15) is 18.2 Å². The predicted octanol–water partition coefficient (Wildman–Crippen LogP) is 6.16. The van der Waals surface area contributed by atoms with Gasteiger partial charge in [-0.3, -0.25) is 4.79 Å². The molecule has 0 atom stereocenters. The molecule has 1 aromatic heterocycles. The number of nitrogens with one attached hydrogen (secondary N) is 4. The van der Waals surface area contributed by atoms with Crippen LogP contribution >= 0.6 is 0 Å². The Balaban J connectivity index is 1.22. The summed E-state index contributed by atoms with van der Waals surface area (Å²) >= 11 is 0. The Morgan fingerprint density at radius 3 is 2.49 bits per heavy atom. The van der Waals surface area contributed by atoms with Crippen LogP contribution in [0.1, 0.15) is 42.4 Å². The molecule has 4 bridgehead atoms. The van der Waals surface area contributed by atoms with Gasteiger partial charge in [0.25, 0.3) is 0 Å². The molecule has 1 fully saturated rings. The van der Waals surface area contributed by atoms with Crippen LogP contribution in [0.4, 0.5) is 36.3 Å². The molecule has 10 nitrogen and oxygen atoms in total. The largest absolute Gasteiger partial charge is 0.416 e. The van der Waals surface area contributed by atoms with Crippen LogP contribution in [-0.4, -0.2) is 62.9 Å². The lowest BCUT2D eigenvalue weighted by molar-refractivity contribution is -0.138. The summed E-state index contributed by atoms with van der Waals surface area (Å²) in [6.07, 6.45) is -0.656. The minimum atomic E-state index is -4.52. The maximum Gasteiger partial charge on any atom is 0.416 e. The zero-order chi connectivity index (χ0) is 34.8. The van der Waals surface area contributed by atoms with Gasteiger partial charge in [0.2, 0.25) is 21.9 Å². The number of anilines is 4. The Kier molecular flexibility index (Phi) is 9.65. The van der Waals surface area contributed by atoms with Gasteiger partial charge in [0, 0.05) is 36.2 Å². The first-order valence-corrected chi connectivity index (χ1v) is 17.6. The average Bonchev–Trinajstić information content (AvgIpc) is 3.87. The van der Waals surface area contributed by atoms with Crippen LogP contribution < -0.4 is 20.7 Å². The van der Waals surface area contributed by atoms with Crippen molar-refractivity contribution >= 4 is 39.1 Å². The molecule has 14 heteroatoms. The van der Waals surface area contributed by atoms with Crippen LogP contribution in [0.3, 0.4) is 0 Å². The molecule has 0 unspecified atom stereocenters. The van der Waals surface area contributed by atoms with E-state index in [2.05, 4.69) is 30.6 Å². The van der Waals surface area contributed by atoms with E-state index in [4.69, 9.17) is 0 Å². The van der Waals surface area contributed by atoms with Gasteiger partial charge in [-0.1, -0.05) is 30.3 Å². The summed E-state index contributed by atoms with van der Waals surface area (Å²) < 4.78 is 70.2. The van der Waals surface area contributed by atoms with E-state index in [0.29, 0.717) is 67.1 Å². The number of aromatic nitrogens is 2. The van der Waals surface area contributed by atoms with Crippen LogP contribution in [-0.2, 0) is 32.8 Å². The van der Waals surface area contributed by atoms with Crippen molar-refractivity contribution in [1.82, 2.24) is 19.6 Å². The first-order chi connectivity index (χ1) is 23.4. The standard InChI is InChI=1S/C35H38F3N7O3S/c1-45(2)20-5-9-27-29(10-4-11-30(27)35(36,37)38)34(16-17-34)32(46)42-24-14-12-23(13-15-24)28-22-40-33-43-25-7-3-8-26(21-25)49(47,48)41-19-6-18-39-31(28)44-33/h3-4,7-8,10-15,21-22,41H,5-6,9,16-20H2,1-2H3,(H,42,46)(H2,39,40,43,44). The molecular formula is C35H38F3N7O3S. The highest BCUT2D eigenvalue weighted by Crippen LogP contribution is 2.52. The molecule has 6 rings (SSSR count). The summed E-state index contributed by atoms with van der Waals surface area (Å²) in [6, 6.07) is 17.7. The fourth-order valence-corrected chi connectivity index (χ4v) is 7.23. The molecule has 1 aliphatic carbocycles. The van der Waals surface area contributed by atoms with Crippen molar-refractivity contribution in [3.8, 4) is 11.1 Å². The second-order valence-electron chi connectivity index (χ2n) is 12.6. The van der Waals surface area contributed by atoms with Crippen molar-refractivity contribution in [2.45, 2.75) is 48.6 Å². The van der Waals surface area contributed by atoms with Gasteiger partial charge in [0.1, 0.15) is 5.82 Å². The number of alkyl halides is 3. The fraction of sp³-hybridized carbons (Fsp3) is 0.343. The summed E-state index contributed by atoms with van der Waals surface area (Å²) in [4.78, 5) is 24.9. The zero-order valence-electron chi connectivity index (χ0n) is 27.2. The lowest BCUT2D eigenvalue weighted by Crippen LogP contribution is -2.30. The van der Waals surface area contributed by atoms with Gasteiger partial charge < -0.3 is 20.9 Å². The van der Waals surface area contributed by atoms with Crippen LogP contribution in [0, 0.1) is 0 Å². The maximum atomic E-state index is 14.1. The van der Waals surface area contributed by atoms with Crippen molar-refractivity contribution in [3.63, 3.8) is 0 Å². The van der Waals surface area contributed by atoms with Gasteiger partial charge in [-0.25, -0.2) is 18.1 Å². The number of carbonyl (C=O) groups is 1. The van der Waals surface area contributed by atoms with Gasteiger partial charge in [0.05, 0.1) is 15.9 Å². The molecule has 4 aromatic rings. The highest BCUT2D eigenvalue weighted by molar-refractivity contribution is 7.89. The Bertz CT molecular complexity index is 1950. The third-order valence-electron chi connectivity index (χ3n) is 8.79. The lowest BCUT2D eigenvalue weighted by Gasteiger charge is -2.23. The number of amides is 1. The van der Waals surface area contributed by atoms with E-state index in [1.54, 1.807) is 36.5 Å². The highest BCUT2D eigenvalue weighted by Gasteiger charge is 2.53. The summed E-state index contributed by atoms with van der Waals surface area (Å²) in [5, 5.41) is 9.30. The van der Waals surface area contributed by atoms with Crippen molar-refractivity contribution in [2.75, 3.05) is 49.7 Å².